The Kier molecular flexibility index (Phi) is 17.8. The van der Waals surface area contributed by atoms with Crippen LogP contribution < -0.4 is 31.6 Å². The van der Waals surface area contributed by atoms with Crippen LogP contribution in [0.3, 0.4) is 0 Å². The van der Waals surface area contributed by atoms with Crippen molar-refractivity contribution >= 4 is 46.7 Å². The van der Waals surface area contributed by atoms with Crippen molar-refractivity contribution in [2.45, 2.75) is 117 Å². The van der Waals surface area contributed by atoms with Crippen LogP contribution in [-0.2, 0) is 81.3 Å². The Balaban J connectivity index is 0.881. The molecule has 392 valence electrons. The molecular formula is C54H61FN6O13. The quantitative estimate of drug-likeness (QED) is 0.0242. The number of alkyl carbamates (subject to hydrolysis) is 1. The molecular weight excluding hydrogens is 960 g/mol. The number of benzene rings is 3. The molecule has 0 radical (unpaired) electrons. The maximum atomic E-state index is 15.5. The zero-order valence-electron chi connectivity index (χ0n) is 41.9. The lowest BCUT2D eigenvalue weighted by molar-refractivity contribution is -0.172. The second-order valence-electron chi connectivity index (χ2n) is 18.4. The van der Waals surface area contributed by atoms with Gasteiger partial charge in [-0.3, -0.25) is 24.0 Å². The lowest BCUT2D eigenvalue weighted by Gasteiger charge is -2.31. The first kappa shape index (κ1) is 54.1. The number of nitrogens with one attached hydrogen (secondary N) is 4. The Bertz CT molecular complexity index is 2950. The molecule has 5 N–H and O–H groups in total. The highest BCUT2D eigenvalue weighted by atomic mass is 19.1. The van der Waals surface area contributed by atoms with Gasteiger partial charge in [0.1, 0.15) is 44.7 Å². The van der Waals surface area contributed by atoms with Crippen LogP contribution in [0.15, 0.2) is 83.7 Å². The average molecular weight is 1020 g/mol. The van der Waals surface area contributed by atoms with Gasteiger partial charge in [-0.2, -0.15) is 0 Å². The molecule has 74 heavy (non-hydrogen) atoms. The van der Waals surface area contributed by atoms with E-state index in [1.807, 2.05) is 19.1 Å². The van der Waals surface area contributed by atoms with Crippen molar-refractivity contribution in [1.29, 1.82) is 0 Å². The molecule has 19 nitrogen and oxygen atoms in total. The van der Waals surface area contributed by atoms with Gasteiger partial charge in [0.05, 0.1) is 42.2 Å². The van der Waals surface area contributed by atoms with Crippen LogP contribution >= 0.6 is 0 Å². The minimum absolute atomic E-state index is 0.00370. The first-order valence-electron chi connectivity index (χ1n) is 24.6. The third-order valence-corrected chi connectivity index (χ3v) is 13.0. The Morgan fingerprint density at radius 3 is 2.20 bits per heavy atom. The molecule has 5 aromatic rings. The van der Waals surface area contributed by atoms with E-state index in [0.29, 0.717) is 40.7 Å². The molecule has 4 amide bonds. The highest BCUT2D eigenvalue weighted by Gasteiger charge is 2.45. The number of pyridine rings is 2. The molecule has 7 rings (SSSR count). The molecule has 4 heterocycles. The number of rotatable bonds is 23. The molecule has 0 fully saturated rings. The smallest absolute Gasteiger partial charge is 0.408 e. The maximum Gasteiger partial charge on any atom is 0.408 e. The molecule has 3 aromatic carbocycles. The summed E-state index contributed by atoms with van der Waals surface area (Å²) in [5, 5.41) is 22.2. The molecule has 2 aliphatic rings. The normalized spacial score (nSPS) is 15.6. The number of cyclic esters (lactones) is 1. The van der Waals surface area contributed by atoms with Gasteiger partial charge in [0.15, 0.2) is 17.2 Å². The molecule has 0 bridgehead atoms. The summed E-state index contributed by atoms with van der Waals surface area (Å²) in [4.78, 5) is 96.8. The molecule has 0 saturated heterocycles. The predicted octanol–water partition coefficient (Wildman–Crippen LogP) is 5.10. The number of fused-ring (bicyclic) bond motifs is 5. The van der Waals surface area contributed by atoms with Crippen LogP contribution in [0.2, 0.25) is 0 Å². The summed E-state index contributed by atoms with van der Waals surface area (Å²) in [6.45, 7) is 8.24. The van der Waals surface area contributed by atoms with E-state index in [1.165, 1.54) is 17.6 Å². The first-order chi connectivity index (χ1) is 35.5. The summed E-state index contributed by atoms with van der Waals surface area (Å²) in [5.41, 5.74) is 2.35. The predicted molar refractivity (Wildman–Crippen MR) is 266 cm³/mol. The number of ether oxygens (including phenoxy) is 5. The minimum atomic E-state index is -1.98. The molecule has 0 unspecified atom stereocenters. The van der Waals surface area contributed by atoms with Crippen molar-refractivity contribution in [3.63, 3.8) is 0 Å². The fourth-order valence-corrected chi connectivity index (χ4v) is 8.77. The van der Waals surface area contributed by atoms with E-state index < -0.39 is 76.8 Å². The molecule has 2 aliphatic heterocycles. The summed E-state index contributed by atoms with van der Waals surface area (Å²) >= 11 is 0. The largest absolute Gasteiger partial charge is 0.490 e. The maximum absolute atomic E-state index is 15.5. The Hall–Kier alpha value is -7.71. The molecule has 0 saturated carbocycles. The van der Waals surface area contributed by atoms with Gasteiger partial charge in [0, 0.05) is 35.4 Å². The third kappa shape index (κ3) is 12.5. The fraction of sp³-hybridized carbons (Fsp3) is 0.407. The van der Waals surface area contributed by atoms with Gasteiger partial charge >= 0.3 is 18.0 Å². The Morgan fingerprint density at radius 2 is 1.54 bits per heavy atom. The van der Waals surface area contributed by atoms with E-state index >= 15 is 4.39 Å². The van der Waals surface area contributed by atoms with E-state index in [9.17, 15) is 38.7 Å². The summed E-state index contributed by atoms with van der Waals surface area (Å²) < 4.78 is 44.3. The minimum Gasteiger partial charge on any atom is -0.490 e. The highest BCUT2D eigenvalue weighted by molar-refractivity contribution is 5.94. The number of aliphatic hydroxyl groups is 1. The van der Waals surface area contributed by atoms with Crippen LogP contribution in [-0.4, -0.2) is 88.5 Å². The lowest BCUT2D eigenvalue weighted by Crippen LogP contribution is -2.57. The van der Waals surface area contributed by atoms with Gasteiger partial charge in [-0.1, -0.05) is 88.4 Å². The SMILES string of the molecule is CCc1c2c(nc3cc(F)c(OCCCOCNC(=O)[C@H](C)NC(=O)[C@@H](NC(=O)[C@H](CCC(=O)OCc4ccccc4)NC(=O)OCc4ccccc4)C(C)C)cc13)-c1cc3c(c(=O)n1C2)COC(=O)[C@]3(O)CC. The Labute approximate surface area is 426 Å². The van der Waals surface area contributed by atoms with Gasteiger partial charge in [0.25, 0.3) is 5.56 Å². The van der Waals surface area contributed by atoms with Crippen LogP contribution in [0.1, 0.15) is 93.7 Å². The van der Waals surface area contributed by atoms with Crippen LogP contribution in [0.5, 0.6) is 5.75 Å². The second-order valence-corrected chi connectivity index (χ2v) is 18.4. The van der Waals surface area contributed by atoms with E-state index in [2.05, 4.69) is 21.3 Å². The van der Waals surface area contributed by atoms with Crippen molar-refractivity contribution in [2.24, 2.45) is 5.92 Å². The number of esters is 2. The van der Waals surface area contributed by atoms with Crippen molar-refractivity contribution < 1.29 is 61.9 Å². The number of hydrogen-bond acceptors (Lipinski definition) is 14. The molecule has 0 aliphatic carbocycles. The van der Waals surface area contributed by atoms with E-state index in [-0.39, 0.29) is 82.4 Å². The van der Waals surface area contributed by atoms with Gasteiger partial charge in [-0.05, 0) is 60.9 Å². The fourth-order valence-electron chi connectivity index (χ4n) is 8.77. The van der Waals surface area contributed by atoms with E-state index in [4.69, 9.17) is 28.7 Å². The zero-order chi connectivity index (χ0) is 53.1. The number of nitrogens with zero attached hydrogens (tertiary/aromatic N) is 2. The average Bonchev–Trinajstić information content (AvgIpc) is 3.76. The van der Waals surface area contributed by atoms with Gasteiger partial charge in [-0.25, -0.2) is 19.0 Å². The molecule has 4 atom stereocenters. The summed E-state index contributed by atoms with van der Waals surface area (Å²) in [6, 6.07) is 18.9. The van der Waals surface area contributed by atoms with E-state index in [0.717, 1.165) is 16.7 Å². The van der Waals surface area contributed by atoms with Crippen molar-refractivity contribution in [3.05, 3.63) is 128 Å². The lowest BCUT2D eigenvalue weighted by atomic mass is 9.86. The van der Waals surface area contributed by atoms with E-state index in [1.54, 1.807) is 81.4 Å². The zero-order valence-corrected chi connectivity index (χ0v) is 41.9. The topological polar surface area (TPSA) is 252 Å². The number of hydrogen-bond donors (Lipinski definition) is 5. The van der Waals surface area contributed by atoms with Crippen LogP contribution in [0, 0.1) is 11.7 Å². The summed E-state index contributed by atoms with van der Waals surface area (Å²) in [6.07, 6.45) is -0.482. The number of aromatic nitrogens is 2. The third-order valence-electron chi connectivity index (χ3n) is 13.0. The van der Waals surface area contributed by atoms with Crippen molar-refractivity contribution in [2.75, 3.05) is 19.9 Å². The number of carbonyl (C=O) groups is 6. The van der Waals surface area contributed by atoms with Gasteiger partial charge in [0.2, 0.25) is 17.7 Å². The summed E-state index contributed by atoms with van der Waals surface area (Å²) in [5.74, 6) is -4.59. The number of carbonyl (C=O) groups excluding carboxylic acids is 6. The summed E-state index contributed by atoms with van der Waals surface area (Å²) in [7, 11) is 0. The Morgan fingerprint density at radius 1 is 0.851 bits per heavy atom. The molecule has 20 heteroatoms. The number of halogens is 1. The standard InChI is InChI=1S/C54H61FN6O13/c1-6-35-36-23-44(40(55)25-42(36)58-47-37(35)26-61-43(47)24-39-38(51(61)66)29-73-52(67)54(39,69)7-2)71-22-14-21-70-30-56-48(63)32(5)57-50(65)46(31(3)4)60-49(64)41(59-53(68)74-28-34-17-12-9-13-18-34)19-20-45(62)72-27-33-15-10-8-11-16-33/h8-13,15-18,23-25,31-32,41,46,69H,6-7,14,19-22,26-30H2,1-5H3,(H,56,63)(H,57,65)(H,59,68)(H,60,64)/t32-,41-,46-,54-/m0/s1. The highest BCUT2D eigenvalue weighted by Crippen LogP contribution is 2.41. The monoisotopic (exact) mass is 1020 g/mol. The van der Waals surface area contributed by atoms with Crippen molar-refractivity contribution in [1.82, 2.24) is 30.8 Å². The molecule has 2 aromatic heterocycles. The van der Waals surface area contributed by atoms with Crippen LogP contribution in [0.25, 0.3) is 22.3 Å². The number of amides is 4. The number of aryl methyl sites for hydroxylation is 1. The first-order valence-corrected chi connectivity index (χ1v) is 24.6. The van der Waals surface area contributed by atoms with Gasteiger partial charge < -0.3 is 54.6 Å². The van der Waals surface area contributed by atoms with Crippen LogP contribution in [0.4, 0.5) is 9.18 Å². The molecule has 0 spiro atoms. The van der Waals surface area contributed by atoms with Gasteiger partial charge in [-0.15, -0.1) is 0 Å². The second kappa shape index (κ2) is 24.3. The van der Waals surface area contributed by atoms with Crippen molar-refractivity contribution in [3.8, 4) is 17.1 Å².